The molecule has 2 aromatic rings. The van der Waals surface area contributed by atoms with Crippen LogP contribution in [0.25, 0.3) is 0 Å². The van der Waals surface area contributed by atoms with Crippen molar-refractivity contribution in [1.82, 2.24) is 4.90 Å². The maximum atomic E-state index is 14.8. The normalized spacial score (nSPS) is 27.4. The molecule has 5 rings (SSSR count). The first-order chi connectivity index (χ1) is 19.3. The van der Waals surface area contributed by atoms with Crippen LogP contribution in [0.4, 0.5) is 5.69 Å². The second kappa shape index (κ2) is 11.2. The lowest BCUT2D eigenvalue weighted by Crippen LogP contribution is -2.59. The Balaban J connectivity index is 1.63. The fourth-order valence-electron chi connectivity index (χ4n) is 7.21. The first-order valence-electron chi connectivity index (χ1n) is 14.1. The van der Waals surface area contributed by atoms with E-state index in [1.807, 2.05) is 62.4 Å². The predicted molar refractivity (Wildman–Crippen MR) is 151 cm³/mol. The lowest BCUT2D eigenvalue weighted by atomic mass is 9.70. The molecule has 3 aliphatic heterocycles. The van der Waals surface area contributed by atoms with E-state index >= 15 is 0 Å². The van der Waals surface area contributed by atoms with Gasteiger partial charge in [0, 0.05) is 12.2 Å². The van der Waals surface area contributed by atoms with Gasteiger partial charge in [0.25, 0.3) is 5.91 Å². The van der Waals surface area contributed by atoms with Gasteiger partial charge in [0.15, 0.2) is 0 Å². The molecule has 3 aliphatic rings. The molecular weight excluding hydrogens is 508 g/mol. The van der Waals surface area contributed by atoms with E-state index in [1.165, 1.54) is 4.90 Å². The van der Waals surface area contributed by atoms with Gasteiger partial charge in [0.2, 0.25) is 5.91 Å². The zero-order valence-corrected chi connectivity index (χ0v) is 23.4. The van der Waals surface area contributed by atoms with Crippen molar-refractivity contribution < 1.29 is 29.0 Å². The Morgan fingerprint density at radius 3 is 2.52 bits per heavy atom. The molecule has 0 aromatic heterocycles. The highest BCUT2D eigenvalue weighted by atomic mass is 16.6. The number of aliphatic hydroxyl groups is 1. The van der Waals surface area contributed by atoms with Gasteiger partial charge in [0.1, 0.15) is 11.6 Å². The molecule has 2 aromatic carbocycles. The molecule has 2 amide bonds. The van der Waals surface area contributed by atoms with Crippen LogP contribution < -0.4 is 4.90 Å². The third-order valence-corrected chi connectivity index (χ3v) is 8.74. The fraction of sp³-hybridized carbons (Fsp3) is 0.469. The van der Waals surface area contributed by atoms with Gasteiger partial charge in [-0.15, -0.1) is 6.58 Å². The number of amides is 2. The third kappa shape index (κ3) is 4.43. The van der Waals surface area contributed by atoms with Crippen LogP contribution in [0.5, 0.6) is 0 Å². The first kappa shape index (κ1) is 28.1. The van der Waals surface area contributed by atoms with Gasteiger partial charge in [-0.3, -0.25) is 14.4 Å². The number of hydrogen-bond donors (Lipinski definition) is 1. The third-order valence-electron chi connectivity index (χ3n) is 8.74. The minimum atomic E-state index is -1.18. The van der Waals surface area contributed by atoms with Gasteiger partial charge in [-0.2, -0.15) is 0 Å². The molecule has 3 heterocycles. The van der Waals surface area contributed by atoms with Crippen LogP contribution in [-0.2, 0) is 30.3 Å². The lowest BCUT2D eigenvalue weighted by Gasteiger charge is -2.40. The first-order valence-corrected chi connectivity index (χ1v) is 14.1. The van der Waals surface area contributed by atoms with Crippen LogP contribution >= 0.6 is 0 Å². The minimum absolute atomic E-state index is 0.189. The number of carbonyl (C=O) groups is 3. The number of rotatable bonds is 10. The molecule has 8 heteroatoms. The summed E-state index contributed by atoms with van der Waals surface area (Å²) in [5, 5.41) is 10.6. The quantitative estimate of drug-likeness (QED) is 0.363. The monoisotopic (exact) mass is 546 g/mol. The molecule has 0 radical (unpaired) electrons. The highest BCUT2D eigenvalue weighted by Gasteiger charge is 2.75. The standard InChI is InChI=1S/C32H38N2O6/c1-5-17-33(27-20(3)11-10-12-21(27)4)30(37)28-32-16-15-24(40-32)25(31(38)39-6-2)26(32)29(36)34(28)23(19-35)18-22-13-8-7-9-14-22/h5,7-14,23-26,28,35H,1,6,15-19H2,2-4H3/t23-,24-,25+,26+,28-,32+/m1/s1. The second-order valence-electron chi connectivity index (χ2n) is 11.1. The number of aryl methyl sites for hydroxylation is 2. The molecule has 0 unspecified atom stereocenters. The zero-order chi connectivity index (χ0) is 28.6. The van der Waals surface area contributed by atoms with Crippen molar-refractivity contribution in [2.75, 3.05) is 24.7 Å². The number of para-hydroxylation sites is 1. The Morgan fingerprint density at radius 1 is 1.20 bits per heavy atom. The summed E-state index contributed by atoms with van der Waals surface area (Å²) in [5.74, 6) is -2.75. The Bertz CT molecular complexity index is 1280. The molecule has 40 heavy (non-hydrogen) atoms. The molecular formula is C32H38N2O6. The fourth-order valence-corrected chi connectivity index (χ4v) is 7.21. The van der Waals surface area contributed by atoms with Gasteiger partial charge in [0.05, 0.1) is 37.2 Å². The Kier molecular flexibility index (Phi) is 7.84. The van der Waals surface area contributed by atoms with Gasteiger partial charge < -0.3 is 24.4 Å². The van der Waals surface area contributed by atoms with E-state index in [2.05, 4.69) is 6.58 Å². The molecule has 3 fully saturated rings. The molecule has 8 nitrogen and oxygen atoms in total. The summed E-state index contributed by atoms with van der Waals surface area (Å²) in [4.78, 5) is 45.5. The Labute approximate surface area is 235 Å². The van der Waals surface area contributed by atoms with Crippen LogP contribution in [-0.4, -0.2) is 71.3 Å². The number of nitrogens with zero attached hydrogens (tertiary/aromatic N) is 2. The molecule has 6 atom stereocenters. The smallest absolute Gasteiger partial charge is 0.312 e. The molecule has 1 N–H and O–H groups in total. The number of fused-ring (bicyclic) bond motifs is 1. The summed E-state index contributed by atoms with van der Waals surface area (Å²) < 4.78 is 11.9. The Morgan fingerprint density at radius 2 is 1.90 bits per heavy atom. The van der Waals surface area contributed by atoms with E-state index in [1.54, 1.807) is 17.9 Å². The lowest BCUT2D eigenvalue weighted by molar-refractivity contribution is -0.155. The minimum Gasteiger partial charge on any atom is -0.466 e. The van der Waals surface area contributed by atoms with Crippen LogP contribution in [0.1, 0.15) is 36.5 Å². The summed E-state index contributed by atoms with van der Waals surface area (Å²) >= 11 is 0. The highest BCUT2D eigenvalue weighted by Crippen LogP contribution is 2.59. The molecule has 2 bridgehead atoms. The number of carbonyl (C=O) groups excluding carboxylic acids is 3. The maximum absolute atomic E-state index is 14.8. The second-order valence-corrected chi connectivity index (χ2v) is 11.1. The number of aliphatic hydroxyl groups excluding tert-OH is 1. The number of hydrogen-bond acceptors (Lipinski definition) is 6. The highest BCUT2D eigenvalue weighted by molar-refractivity contribution is 6.05. The van der Waals surface area contributed by atoms with E-state index in [9.17, 15) is 19.5 Å². The van der Waals surface area contributed by atoms with Crippen LogP contribution in [0, 0.1) is 25.7 Å². The number of benzene rings is 2. The van der Waals surface area contributed by atoms with Crippen molar-refractivity contribution in [1.29, 1.82) is 0 Å². The van der Waals surface area contributed by atoms with Crippen LogP contribution in [0.15, 0.2) is 61.2 Å². The topological polar surface area (TPSA) is 96.4 Å². The summed E-state index contributed by atoms with van der Waals surface area (Å²) in [6, 6.07) is 13.7. The van der Waals surface area contributed by atoms with Crippen molar-refractivity contribution in [3.63, 3.8) is 0 Å². The maximum Gasteiger partial charge on any atom is 0.312 e. The average Bonchev–Trinajstić information content (AvgIpc) is 3.59. The zero-order valence-electron chi connectivity index (χ0n) is 23.4. The summed E-state index contributed by atoms with van der Waals surface area (Å²) in [5.41, 5.74) is 2.35. The van der Waals surface area contributed by atoms with Crippen molar-refractivity contribution in [3.05, 3.63) is 77.9 Å². The molecule has 3 saturated heterocycles. The number of ether oxygens (including phenoxy) is 2. The SMILES string of the molecule is C=CCN(C(=O)[C@H]1N([C@@H](CO)Cc2ccccc2)C(=O)[C@@H]2[C@@H](C(=O)OCC)[C@H]3CC[C@]21O3)c1c(C)cccc1C. The van der Waals surface area contributed by atoms with Crippen molar-refractivity contribution >= 4 is 23.5 Å². The van der Waals surface area contributed by atoms with E-state index in [-0.39, 0.29) is 31.6 Å². The van der Waals surface area contributed by atoms with Crippen LogP contribution in [0.2, 0.25) is 0 Å². The summed E-state index contributed by atoms with van der Waals surface area (Å²) in [7, 11) is 0. The van der Waals surface area contributed by atoms with E-state index in [0.29, 0.717) is 19.3 Å². The molecule has 1 spiro atoms. The van der Waals surface area contributed by atoms with Crippen molar-refractivity contribution in [2.24, 2.45) is 11.8 Å². The van der Waals surface area contributed by atoms with Gasteiger partial charge in [-0.25, -0.2) is 0 Å². The van der Waals surface area contributed by atoms with Crippen molar-refractivity contribution in [3.8, 4) is 0 Å². The number of anilines is 1. The molecule has 0 saturated carbocycles. The largest absolute Gasteiger partial charge is 0.466 e. The van der Waals surface area contributed by atoms with Crippen molar-refractivity contribution in [2.45, 2.75) is 63.8 Å². The van der Waals surface area contributed by atoms with E-state index in [0.717, 1.165) is 22.4 Å². The van der Waals surface area contributed by atoms with Gasteiger partial charge >= 0.3 is 5.97 Å². The average molecular weight is 547 g/mol. The molecule has 212 valence electrons. The van der Waals surface area contributed by atoms with E-state index in [4.69, 9.17) is 9.47 Å². The predicted octanol–water partition coefficient (Wildman–Crippen LogP) is 3.36. The number of likely N-dealkylation sites (tertiary alicyclic amines) is 1. The number of esters is 1. The van der Waals surface area contributed by atoms with Gasteiger partial charge in [-0.1, -0.05) is 54.6 Å². The summed E-state index contributed by atoms with van der Waals surface area (Å²) in [6.45, 7) is 9.61. The van der Waals surface area contributed by atoms with Gasteiger partial charge in [-0.05, 0) is 56.7 Å². The molecule has 0 aliphatic carbocycles. The van der Waals surface area contributed by atoms with E-state index < -0.39 is 41.6 Å². The Hall–Kier alpha value is -3.49. The van der Waals surface area contributed by atoms with Crippen LogP contribution in [0.3, 0.4) is 0 Å². The summed E-state index contributed by atoms with van der Waals surface area (Å²) in [6.07, 6.45) is 2.56.